The summed E-state index contributed by atoms with van der Waals surface area (Å²) >= 11 is 0. The van der Waals surface area contributed by atoms with Gasteiger partial charge in [0, 0.05) is 29.2 Å². The highest BCUT2D eigenvalue weighted by atomic mass is 16.5. The first-order chi connectivity index (χ1) is 16.5. The van der Waals surface area contributed by atoms with Crippen molar-refractivity contribution in [2.75, 3.05) is 12.1 Å². The lowest BCUT2D eigenvalue weighted by molar-refractivity contribution is -0.114. The molecule has 0 fully saturated rings. The van der Waals surface area contributed by atoms with Crippen LogP contribution in [0.4, 0.5) is 5.69 Å². The van der Waals surface area contributed by atoms with Crippen molar-refractivity contribution in [2.24, 2.45) is 5.10 Å². The average Bonchev–Trinajstić information content (AvgIpc) is 3.36. The maximum atomic E-state index is 13.3. The monoisotopic (exact) mass is 449 g/mol. The van der Waals surface area contributed by atoms with Crippen molar-refractivity contribution in [2.45, 2.75) is 13.5 Å². The molecule has 0 unspecified atom stereocenters. The molecular weight excluding hydrogens is 426 g/mol. The van der Waals surface area contributed by atoms with E-state index in [0.717, 1.165) is 23.0 Å². The maximum Gasteiger partial charge on any atom is 0.337 e. The van der Waals surface area contributed by atoms with Crippen molar-refractivity contribution in [1.82, 2.24) is 4.57 Å². The van der Waals surface area contributed by atoms with Crippen molar-refractivity contribution in [3.8, 4) is 0 Å². The van der Waals surface area contributed by atoms with Crippen LogP contribution in [0, 0.1) is 0 Å². The molecular formula is C28H23N3O3. The molecule has 0 atom stereocenters. The van der Waals surface area contributed by atoms with Crippen LogP contribution in [-0.2, 0) is 16.1 Å². The number of amides is 1. The Labute approximate surface area is 197 Å². The summed E-state index contributed by atoms with van der Waals surface area (Å²) in [5.41, 5.74) is 5.47. The van der Waals surface area contributed by atoms with E-state index in [1.807, 2.05) is 43.3 Å². The molecule has 34 heavy (non-hydrogen) atoms. The van der Waals surface area contributed by atoms with Crippen LogP contribution in [0.25, 0.3) is 17.0 Å². The Morgan fingerprint density at radius 1 is 0.971 bits per heavy atom. The van der Waals surface area contributed by atoms with Gasteiger partial charge in [-0.1, -0.05) is 48.5 Å². The lowest BCUT2D eigenvalue weighted by Crippen LogP contribution is -2.21. The standard InChI is InChI=1S/C28H23N3O3/c1-19-25(27(32)31(29-19)23-14-12-21(13-15-23)28(33)34-2)16-22-18-30(17-20-8-4-3-5-9-20)26-11-7-6-10-24(22)26/h3-16,18H,17H2,1-2H3/b25-16-. The van der Waals surface area contributed by atoms with Gasteiger partial charge in [0.2, 0.25) is 0 Å². The fraction of sp³-hybridized carbons (Fsp3) is 0.107. The van der Waals surface area contributed by atoms with Gasteiger partial charge in [0.15, 0.2) is 0 Å². The van der Waals surface area contributed by atoms with Crippen LogP contribution >= 0.6 is 0 Å². The number of hydrogen-bond acceptors (Lipinski definition) is 4. The fourth-order valence-corrected chi connectivity index (χ4v) is 4.17. The highest BCUT2D eigenvalue weighted by Crippen LogP contribution is 2.29. The topological polar surface area (TPSA) is 63.9 Å². The maximum absolute atomic E-state index is 13.3. The van der Waals surface area contributed by atoms with E-state index in [1.165, 1.54) is 17.7 Å². The van der Waals surface area contributed by atoms with E-state index in [0.29, 0.717) is 22.5 Å². The van der Waals surface area contributed by atoms with Crippen LogP contribution in [0.15, 0.2) is 95.7 Å². The molecule has 168 valence electrons. The SMILES string of the molecule is COC(=O)c1ccc(N2N=C(C)/C(=C/c3cn(Cc4ccccc4)c4ccccc34)C2=O)cc1. The number of methoxy groups -OCH3 is 1. The predicted octanol–water partition coefficient (Wildman–Crippen LogP) is 5.28. The zero-order valence-corrected chi connectivity index (χ0v) is 18.9. The summed E-state index contributed by atoms with van der Waals surface area (Å²) in [6, 6.07) is 25.1. The summed E-state index contributed by atoms with van der Waals surface area (Å²) in [4.78, 5) is 25.0. The average molecular weight is 450 g/mol. The van der Waals surface area contributed by atoms with Crippen LogP contribution in [-0.4, -0.2) is 29.3 Å². The van der Waals surface area contributed by atoms with Crippen molar-refractivity contribution >= 4 is 40.3 Å². The number of carbonyl (C=O) groups is 2. The van der Waals surface area contributed by atoms with Gasteiger partial charge in [-0.05, 0) is 48.9 Å². The number of para-hydroxylation sites is 1. The first-order valence-electron chi connectivity index (χ1n) is 11.0. The third-order valence-electron chi connectivity index (χ3n) is 5.91. The molecule has 1 aliphatic heterocycles. The van der Waals surface area contributed by atoms with E-state index in [9.17, 15) is 9.59 Å². The van der Waals surface area contributed by atoms with Crippen molar-refractivity contribution < 1.29 is 14.3 Å². The molecule has 3 aromatic carbocycles. The summed E-state index contributed by atoms with van der Waals surface area (Å²) in [6.45, 7) is 2.57. The number of nitrogens with zero attached hydrogens (tertiary/aromatic N) is 3. The molecule has 6 heteroatoms. The summed E-state index contributed by atoms with van der Waals surface area (Å²) in [7, 11) is 1.34. The van der Waals surface area contributed by atoms with E-state index < -0.39 is 5.97 Å². The number of esters is 1. The Bertz CT molecular complexity index is 1450. The predicted molar refractivity (Wildman–Crippen MR) is 134 cm³/mol. The highest BCUT2D eigenvalue weighted by Gasteiger charge is 2.29. The summed E-state index contributed by atoms with van der Waals surface area (Å²) in [5.74, 6) is -0.630. The van der Waals surface area contributed by atoms with Crippen LogP contribution < -0.4 is 5.01 Å². The molecule has 0 saturated heterocycles. The van der Waals surface area contributed by atoms with E-state index >= 15 is 0 Å². The van der Waals surface area contributed by atoms with E-state index in [2.05, 4.69) is 40.1 Å². The van der Waals surface area contributed by atoms with Gasteiger partial charge >= 0.3 is 5.97 Å². The lowest BCUT2D eigenvalue weighted by atomic mass is 10.1. The molecule has 1 aliphatic rings. The summed E-state index contributed by atoms with van der Waals surface area (Å²) < 4.78 is 6.94. The van der Waals surface area contributed by atoms with Crippen LogP contribution in [0.5, 0.6) is 0 Å². The van der Waals surface area contributed by atoms with Crippen molar-refractivity contribution in [1.29, 1.82) is 0 Å². The Kier molecular flexibility index (Phi) is 5.55. The van der Waals surface area contributed by atoms with Gasteiger partial charge in [-0.3, -0.25) is 4.79 Å². The second kappa shape index (κ2) is 8.83. The van der Waals surface area contributed by atoms with E-state index in [1.54, 1.807) is 24.3 Å². The zero-order chi connectivity index (χ0) is 23.7. The van der Waals surface area contributed by atoms with E-state index in [4.69, 9.17) is 4.74 Å². The molecule has 0 radical (unpaired) electrons. The van der Waals surface area contributed by atoms with Crippen molar-refractivity contribution in [3.05, 3.63) is 107 Å². The molecule has 4 aromatic rings. The minimum absolute atomic E-state index is 0.205. The third-order valence-corrected chi connectivity index (χ3v) is 5.91. The van der Waals surface area contributed by atoms with Gasteiger partial charge in [0.1, 0.15) is 0 Å². The number of aromatic nitrogens is 1. The quantitative estimate of drug-likeness (QED) is 0.308. The van der Waals surface area contributed by atoms with E-state index in [-0.39, 0.29) is 5.91 Å². The molecule has 0 aliphatic carbocycles. The van der Waals surface area contributed by atoms with Gasteiger partial charge in [0.05, 0.1) is 29.6 Å². The van der Waals surface area contributed by atoms with Crippen LogP contribution in [0.3, 0.4) is 0 Å². The number of hydrazone groups is 1. The van der Waals surface area contributed by atoms with Gasteiger partial charge in [-0.15, -0.1) is 0 Å². The van der Waals surface area contributed by atoms with Gasteiger partial charge in [-0.25, -0.2) is 4.79 Å². The smallest absolute Gasteiger partial charge is 0.337 e. The molecule has 0 saturated carbocycles. The number of benzene rings is 3. The van der Waals surface area contributed by atoms with Gasteiger partial charge in [-0.2, -0.15) is 10.1 Å². The summed E-state index contributed by atoms with van der Waals surface area (Å²) in [6.07, 6.45) is 3.99. The minimum Gasteiger partial charge on any atom is -0.465 e. The third kappa shape index (κ3) is 3.90. The largest absolute Gasteiger partial charge is 0.465 e. The Morgan fingerprint density at radius 3 is 2.41 bits per heavy atom. The molecule has 1 amide bonds. The first kappa shape index (κ1) is 21.4. The Hall–Kier alpha value is -4.45. The highest BCUT2D eigenvalue weighted by molar-refractivity contribution is 6.32. The molecule has 0 spiro atoms. The molecule has 1 aromatic heterocycles. The fourth-order valence-electron chi connectivity index (χ4n) is 4.17. The second-order valence-electron chi connectivity index (χ2n) is 8.11. The molecule has 0 N–H and O–H groups in total. The minimum atomic E-state index is -0.425. The first-order valence-corrected chi connectivity index (χ1v) is 11.0. The number of fused-ring (bicyclic) bond motifs is 1. The molecule has 0 bridgehead atoms. The number of hydrogen-bond donors (Lipinski definition) is 0. The molecule has 6 nitrogen and oxygen atoms in total. The molecule has 5 rings (SSSR count). The van der Waals surface area contributed by atoms with Crippen LogP contribution in [0.2, 0.25) is 0 Å². The Balaban J connectivity index is 1.48. The molecule has 2 heterocycles. The lowest BCUT2D eigenvalue weighted by Gasteiger charge is -2.12. The number of ether oxygens (including phenoxy) is 1. The van der Waals surface area contributed by atoms with Gasteiger partial charge < -0.3 is 9.30 Å². The number of carbonyl (C=O) groups excluding carboxylic acids is 2. The number of rotatable bonds is 5. The summed E-state index contributed by atoms with van der Waals surface area (Å²) in [5, 5.41) is 6.92. The zero-order valence-electron chi connectivity index (χ0n) is 18.9. The normalized spacial score (nSPS) is 14.6. The van der Waals surface area contributed by atoms with Crippen molar-refractivity contribution in [3.63, 3.8) is 0 Å². The second-order valence-corrected chi connectivity index (χ2v) is 8.11. The Morgan fingerprint density at radius 2 is 1.68 bits per heavy atom. The number of anilines is 1. The van der Waals surface area contributed by atoms with Gasteiger partial charge in [0.25, 0.3) is 5.91 Å². The van der Waals surface area contributed by atoms with Crippen LogP contribution in [0.1, 0.15) is 28.4 Å².